The smallest absolute Gasteiger partial charge is 0.246 e. The molecule has 4 aromatic rings. The van der Waals surface area contributed by atoms with Crippen molar-refractivity contribution in [2.75, 3.05) is 18.0 Å². The summed E-state index contributed by atoms with van der Waals surface area (Å²) in [6.45, 7) is 2.26. The summed E-state index contributed by atoms with van der Waals surface area (Å²) in [5.74, 6) is -2.47. The Morgan fingerprint density at radius 1 is 1.11 bits per heavy atom. The number of anilines is 1. The van der Waals surface area contributed by atoms with E-state index in [2.05, 4.69) is 4.98 Å². The first-order valence-electron chi connectivity index (χ1n) is 11.8. The maximum atomic E-state index is 14.2. The molecule has 192 valence electrons. The fraction of sp³-hybridized carbons (Fsp3) is 0.269. The number of benzene rings is 2. The molecule has 1 amide bonds. The molecule has 0 atom stereocenters. The average Bonchev–Trinajstić information content (AvgIpc) is 3.32. The van der Waals surface area contributed by atoms with Crippen molar-refractivity contribution in [3.8, 4) is 0 Å². The topological polar surface area (TPSA) is 83.5 Å². The van der Waals surface area contributed by atoms with Gasteiger partial charge >= 0.3 is 0 Å². The van der Waals surface area contributed by atoms with Crippen LogP contribution in [0.4, 0.5) is 13.9 Å². The second kappa shape index (κ2) is 10.2. The monoisotopic (exact) mass is 542 g/mol. The van der Waals surface area contributed by atoms with Crippen molar-refractivity contribution >= 4 is 42.6 Å². The Morgan fingerprint density at radius 2 is 1.89 bits per heavy atom. The summed E-state index contributed by atoms with van der Waals surface area (Å²) >= 11 is 1.42. The second-order valence-corrected chi connectivity index (χ2v) is 11.9. The van der Waals surface area contributed by atoms with Crippen LogP contribution in [0.15, 0.2) is 65.7 Å². The van der Waals surface area contributed by atoms with E-state index in [0.717, 1.165) is 32.2 Å². The summed E-state index contributed by atoms with van der Waals surface area (Å²) in [4.78, 5) is 23.7. The number of sulfonamides is 1. The number of hydrogen-bond acceptors (Lipinski definition) is 6. The van der Waals surface area contributed by atoms with Crippen LogP contribution in [0.25, 0.3) is 10.2 Å². The van der Waals surface area contributed by atoms with E-state index in [9.17, 15) is 22.0 Å². The van der Waals surface area contributed by atoms with Gasteiger partial charge in [0.05, 0.1) is 22.5 Å². The molecule has 5 rings (SSSR count). The number of halogens is 2. The molecule has 2 aromatic heterocycles. The molecule has 3 heterocycles. The molecule has 37 heavy (non-hydrogen) atoms. The third-order valence-electron chi connectivity index (χ3n) is 6.39. The second-order valence-electron chi connectivity index (χ2n) is 8.97. The van der Waals surface area contributed by atoms with Crippen LogP contribution in [0.1, 0.15) is 24.1 Å². The number of amides is 1. The minimum atomic E-state index is -4.23. The van der Waals surface area contributed by atoms with Gasteiger partial charge in [0.25, 0.3) is 0 Å². The summed E-state index contributed by atoms with van der Waals surface area (Å²) in [5.41, 5.74) is 2.59. The Morgan fingerprint density at radius 3 is 2.62 bits per heavy atom. The number of aromatic nitrogens is 2. The molecular weight excluding hydrogens is 518 g/mol. The third kappa shape index (κ3) is 5.25. The number of piperidine rings is 1. The molecule has 7 nitrogen and oxygen atoms in total. The molecule has 1 fully saturated rings. The largest absolute Gasteiger partial charge is 0.282 e. The molecule has 0 bridgehead atoms. The first-order valence-corrected chi connectivity index (χ1v) is 14.0. The van der Waals surface area contributed by atoms with Gasteiger partial charge in [0, 0.05) is 25.2 Å². The lowest BCUT2D eigenvalue weighted by Crippen LogP contribution is -2.44. The number of carbonyl (C=O) groups excluding carboxylic acids is 1. The predicted molar refractivity (Wildman–Crippen MR) is 138 cm³/mol. The van der Waals surface area contributed by atoms with Crippen LogP contribution in [0.3, 0.4) is 0 Å². The molecule has 11 heteroatoms. The lowest BCUT2D eigenvalue weighted by molar-refractivity contribution is -0.123. The van der Waals surface area contributed by atoms with E-state index in [0.29, 0.717) is 16.9 Å². The molecule has 0 radical (unpaired) electrons. The van der Waals surface area contributed by atoms with Gasteiger partial charge in [-0.05, 0) is 67.8 Å². The van der Waals surface area contributed by atoms with Crippen LogP contribution in [0, 0.1) is 24.5 Å². The average molecular weight is 543 g/mol. The lowest BCUT2D eigenvalue weighted by Gasteiger charge is -2.33. The Labute approximate surface area is 217 Å². The quantitative estimate of drug-likeness (QED) is 0.346. The summed E-state index contributed by atoms with van der Waals surface area (Å²) in [7, 11) is -4.23. The number of fused-ring (bicyclic) bond motifs is 1. The highest BCUT2D eigenvalue weighted by Gasteiger charge is 2.36. The SMILES string of the molecule is Cc1ccc2nc(N(Cc3ccccn3)C(=O)C3CCN(S(=O)(=O)c4cc(F)ccc4F)CC3)sc2c1. The number of rotatable bonds is 6. The molecule has 0 aliphatic carbocycles. The van der Waals surface area contributed by atoms with Gasteiger partial charge in [-0.15, -0.1) is 0 Å². The highest BCUT2D eigenvalue weighted by atomic mass is 32.2. The predicted octanol–water partition coefficient (Wildman–Crippen LogP) is 4.91. The van der Waals surface area contributed by atoms with Crippen molar-refractivity contribution < 1.29 is 22.0 Å². The molecule has 1 aliphatic rings. The molecule has 2 aromatic carbocycles. The maximum Gasteiger partial charge on any atom is 0.246 e. The Kier molecular flexibility index (Phi) is 7.02. The first kappa shape index (κ1) is 25.4. The summed E-state index contributed by atoms with van der Waals surface area (Å²) in [6.07, 6.45) is 2.16. The van der Waals surface area contributed by atoms with E-state index < -0.39 is 32.5 Å². The van der Waals surface area contributed by atoms with Crippen LogP contribution >= 0.6 is 11.3 Å². The van der Waals surface area contributed by atoms with Crippen molar-refractivity contribution in [3.05, 3.63) is 83.7 Å². The normalized spacial score (nSPS) is 15.2. The number of aryl methyl sites for hydroxylation is 1. The minimum absolute atomic E-state index is 0.0190. The van der Waals surface area contributed by atoms with Crippen LogP contribution in [-0.4, -0.2) is 41.7 Å². The van der Waals surface area contributed by atoms with E-state index in [1.54, 1.807) is 17.2 Å². The first-order chi connectivity index (χ1) is 17.7. The standard InChI is InChI=1S/C26H24F2N4O3S2/c1-17-5-8-22-23(14-17)36-26(30-22)32(16-20-4-2-3-11-29-20)25(33)18-9-12-31(13-10-18)37(34,35)24-15-19(27)6-7-21(24)28/h2-8,11,14-15,18H,9-10,12-13,16H2,1H3. The molecule has 0 unspecified atom stereocenters. The van der Waals surface area contributed by atoms with Crippen molar-refractivity contribution in [2.24, 2.45) is 5.92 Å². The Hall–Kier alpha value is -3.28. The lowest BCUT2D eigenvalue weighted by atomic mass is 9.96. The number of pyridine rings is 1. The molecule has 1 saturated heterocycles. The van der Waals surface area contributed by atoms with Gasteiger partial charge in [0.2, 0.25) is 15.9 Å². The van der Waals surface area contributed by atoms with Crippen molar-refractivity contribution in [3.63, 3.8) is 0 Å². The van der Waals surface area contributed by atoms with E-state index in [-0.39, 0.29) is 38.4 Å². The van der Waals surface area contributed by atoms with E-state index in [4.69, 9.17) is 4.98 Å². The van der Waals surface area contributed by atoms with Crippen LogP contribution in [0.2, 0.25) is 0 Å². The summed E-state index contributed by atoms with van der Waals surface area (Å²) in [6, 6.07) is 13.7. The van der Waals surface area contributed by atoms with Gasteiger partial charge < -0.3 is 0 Å². The maximum absolute atomic E-state index is 14.2. The number of thiazole rings is 1. The van der Waals surface area contributed by atoms with Gasteiger partial charge in [-0.2, -0.15) is 4.31 Å². The zero-order chi connectivity index (χ0) is 26.2. The fourth-order valence-corrected chi connectivity index (χ4v) is 7.02. The van der Waals surface area contributed by atoms with E-state index in [1.165, 1.54) is 11.3 Å². The van der Waals surface area contributed by atoms with Crippen molar-refractivity contribution in [1.82, 2.24) is 14.3 Å². The fourth-order valence-electron chi connectivity index (χ4n) is 4.41. The highest BCUT2D eigenvalue weighted by molar-refractivity contribution is 7.89. The minimum Gasteiger partial charge on any atom is -0.282 e. The van der Waals surface area contributed by atoms with E-state index in [1.807, 2.05) is 37.3 Å². The summed E-state index contributed by atoms with van der Waals surface area (Å²) in [5, 5.41) is 0.549. The van der Waals surface area contributed by atoms with Crippen LogP contribution in [0.5, 0.6) is 0 Å². The van der Waals surface area contributed by atoms with E-state index >= 15 is 0 Å². The van der Waals surface area contributed by atoms with Crippen LogP contribution in [-0.2, 0) is 21.4 Å². The van der Waals surface area contributed by atoms with Crippen LogP contribution < -0.4 is 4.90 Å². The number of hydrogen-bond donors (Lipinski definition) is 0. The Bertz CT molecular complexity index is 1550. The van der Waals surface area contributed by atoms with Gasteiger partial charge in [0.15, 0.2) is 5.13 Å². The number of nitrogens with zero attached hydrogens (tertiary/aromatic N) is 4. The van der Waals surface area contributed by atoms with Gasteiger partial charge in [-0.3, -0.25) is 14.7 Å². The Balaban J connectivity index is 1.38. The van der Waals surface area contributed by atoms with Gasteiger partial charge in [0.1, 0.15) is 16.5 Å². The van der Waals surface area contributed by atoms with Crippen molar-refractivity contribution in [1.29, 1.82) is 0 Å². The molecule has 0 saturated carbocycles. The zero-order valence-electron chi connectivity index (χ0n) is 20.0. The zero-order valence-corrected chi connectivity index (χ0v) is 21.6. The van der Waals surface area contributed by atoms with Gasteiger partial charge in [-0.25, -0.2) is 22.2 Å². The highest BCUT2D eigenvalue weighted by Crippen LogP contribution is 2.33. The molecule has 1 aliphatic heterocycles. The third-order valence-corrected chi connectivity index (χ3v) is 9.34. The molecule has 0 spiro atoms. The summed E-state index contributed by atoms with van der Waals surface area (Å²) < 4.78 is 55.8. The molecular formula is C26H24F2N4O3S2. The number of carbonyl (C=O) groups is 1. The van der Waals surface area contributed by atoms with Gasteiger partial charge in [-0.1, -0.05) is 23.5 Å². The van der Waals surface area contributed by atoms with Crippen molar-refractivity contribution in [2.45, 2.75) is 31.2 Å². The molecule has 0 N–H and O–H groups in total.